The van der Waals surface area contributed by atoms with Gasteiger partial charge in [0.2, 0.25) is 17.0 Å². The molecule has 0 N–H and O–H groups in total. The van der Waals surface area contributed by atoms with Gasteiger partial charge in [0, 0.05) is 13.5 Å². The van der Waals surface area contributed by atoms with Crippen molar-refractivity contribution in [3.05, 3.63) is 72.3 Å². The summed E-state index contributed by atoms with van der Waals surface area (Å²) in [4.78, 5) is 44.4. The standard InChI is InChI=1S/C42H62O12Si2/c1-37(2,3)51-35(44)40-27-32(34(43)47-11)41(53-40,25-26-48-29-46-10)50-33(42(40,54-55(12,13)14)36(45)52-38(4,5)6)28-49-56(39(7,8)9,30-21-17-15-18-22-30)31-23-19-16-20-24-31/h15-24,27,33H,25-26,28-29H2,1-14H3/t33?,40-,41?,42?/m0/s1. The Bertz CT molecular complexity index is 1680. The Hall–Kier alpha value is -3.22. The minimum absolute atomic E-state index is 0.0385. The van der Waals surface area contributed by atoms with Crippen molar-refractivity contribution in [2.75, 3.05) is 34.2 Å². The highest BCUT2D eigenvalue weighted by Crippen LogP contribution is 2.57. The molecule has 0 saturated carbocycles. The van der Waals surface area contributed by atoms with Crippen LogP contribution < -0.4 is 10.4 Å². The van der Waals surface area contributed by atoms with Gasteiger partial charge in [-0.05, 0) is 82.7 Å². The molecule has 310 valence electrons. The van der Waals surface area contributed by atoms with Crippen LogP contribution in [0.5, 0.6) is 0 Å². The van der Waals surface area contributed by atoms with E-state index >= 15 is 9.59 Å². The molecule has 2 aromatic carbocycles. The Labute approximate surface area is 334 Å². The smallest absolute Gasteiger partial charge is 0.346 e. The van der Waals surface area contributed by atoms with Crippen LogP contribution in [-0.2, 0) is 56.4 Å². The molecule has 1 fully saturated rings. The van der Waals surface area contributed by atoms with E-state index in [0.29, 0.717) is 0 Å². The Balaban J connectivity index is 2.13. The SMILES string of the molecule is COCOCCC12OC(CO[Si](c3ccccc3)(c3ccccc3)C(C)(C)C)C(O[Si](C)(C)C)(C(=O)OC(C)(C)C)[C@@](C(=O)OC(C)(C)C)(C=C1C(=O)OC)O2. The average molecular weight is 815 g/mol. The third-order valence-corrected chi connectivity index (χ3v) is 15.3. The summed E-state index contributed by atoms with van der Waals surface area (Å²) in [5.41, 5.74) is -7.15. The van der Waals surface area contributed by atoms with Crippen molar-refractivity contribution < 1.29 is 56.4 Å². The van der Waals surface area contributed by atoms with E-state index in [1.54, 1.807) is 41.5 Å². The first-order valence-electron chi connectivity index (χ1n) is 19.0. The molecule has 4 atom stereocenters. The molecule has 0 radical (unpaired) electrons. The normalized spacial score (nSPS) is 24.3. The molecule has 2 aliphatic heterocycles. The van der Waals surface area contributed by atoms with Gasteiger partial charge in [0.25, 0.3) is 8.32 Å². The van der Waals surface area contributed by atoms with E-state index in [1.165, 1.54) is 20.3 Å². The van der Waals surface area contributed by atoms with Gasteiger partial charge in [0.1, 0.15) is 24.1 Å². The number of hydrogen-bond donors (Lipinski definition) is 0. The summed E-state index contributed by atoms with van der Waals surface area (Å²) in [6.07, 6.45) is -0.279. The zero-order valence-corrected chi connectivity index (χ0v) is 37.7. The van der Waals surface area contributed by atoms with Crippen molar-refractivity contribution in [3.8, 4) is 0 Å². The lowest BCUT2D eigenvalue weighted by Gasteiger charge is -2.56. The lowest BCUT2D eigenvalue weighted by molar-refractivity contribution is -0.364. The van der Waals surface area contributed by atoms with Crippen LogP contribution in [0.4, 0.5) is 0 Å². The van der Waals surface area contributed by atoms with E-state index < -0.39 is 73.9 Å². The zero-order chi connectivity index (χ0) is 42.0. The molecule has 2 aliphatic rings. The highest BCUT2D eigenvalue weighted by Gasteiger charge is 2.80. The monoisotopic (exact) mass is 814 g/mol. The molecule has 0 spiro atoms. The molecular weight excluding hydrogens is 753 g/mol. The first kappa shape index (κ1) is 45.5. The number of hydrogen-bond acceptors (Lipinski definition) is 12. The van der Waals surface area contributed by atoms with E-state index in [0.717, 1.165) is 10.4 Å². The van der Waals surface area contributed by atoms with Crippen LogP contribution in [0, 0.1) is 0 Å². The lowest BCUT2D eigenvalue weighted by Crippen LogP contribution is -2.79. The number of ether oxygens (including phenoxy) is 7. The summed E-state index contributed by atoms with van der Waals surface area (Å²) >= 11 is 0. The molecule has 14 heteroatoms. The van der Waals surface area contributed by atoms with Crippen molar-refractivity contribution in [2.24, 2.45) is 0 Å². The van der Waals surface area contributed by atoms with Crippen LogP contribution in [0.3, 0.4) is 0 Å². The number of rotatable bonds is 15. The van der Waals surface area contributed by atoms with Gasteiger partial charge in [-0.1, -0.05) is 81.4 Å². The topological polar surface area (TPSA) is 134 Å². The molecule has 12 nitrogen and oxygen atoms in total. The van der Waals surface area contributed by atoms with Gasteiger partial charge in [-0.3, -0.25) is 0 Å². The van der Waals surface area contributed by atoms with Gasteiger partial charge in [0.05, 0.1) is 25.9 Å². The van der Waals surface area contributed by atoms with Crippen LogP contribution in [0.15, 0.2) is 72.3 Å². The lowest BCUT2D eigenvalue weighted by atomic mass is 9.77. The molecule has 0 amide bonds. The second-order valence-electron chi connectivity index (χ2n) is 18.2. The van der Waals surface area contributed by atoms with Crippen molar-refractivity contribution in [1.82, 2.24) is 0 Å². The summed E-state index contributed by atoms with van der Waals surface area (Å²) in [5.74, 6) is -4.76. The number of carbonyl (C=O) groups is 3. The number of fused-ring (bicyclic) bond motifs is 2. The van der Waals surface area contributed by atoms with E-state index in [2.05, 4.69) is 20.8 Å². The summed E-state index contributed by atoms with van der Waals surface area (Å²) in [6.45, 7) is 21.9. The first-order valence-corrected chi connectivity index (χ1v) is 24.3. The zero-order valence-electron chi connectivity index (χ0n) is 35.7. The fourth-order valence-electron chi connectivity index (χ4n) is 7.42. The highest BCUT2D eigenvalue weighted by atomic mass is 28.4. The average Bonchev–Trinajstić information content (AvgIpc) is 3.39. The van der Waals surface area contributed by atoms with Crippen molar-refractivity contribution >= 4 is 44.9 Å². The number of benzene rings is 2. The Morgan fingerprint density at radius 2 is 1.29 bits per heavy atom. The van der Waals surface area contributed by atoms with E-state index in [9.17, 15) is 4.79 Å². The van der Waals surface area contributed by atoms with Crippen LogP contribution in [0.2, 0.25) is 24.7 Å². The Kier molecular flexibility index (Phi) is 13.5. The maximum Gasteiger partial charge on any atom is 0.346 e. The van der Waals surface area contributed by atoms with Crippen molar-refractivity contribution in [2.45, 2.75) is 128 Å². The minimum Gasteiger partial charge on any atom is -0.466 e. The van der Waals surface area contributed by atoms with E-state index in [1.807, 2.05) is 80.3 Å². The summed E-state index contributed by atoms with van der Waals surface area (Å²) < 4.78 is 56.8. The summed E-state index contributed by atoms with van der Waals surface area (Å²) in [7, 11) is -3.59. The van der Waals surface area contributed by atoms with E-state index in [-0.39, 0.29) is 32.0 Å². The second kappa shape index (κ2) is 16.6. The van der Waals surface area contributed by atoms with Gasteiger partial charge in [0.15, 0.2) is 8.32 Å². The van der Waals surface area contributed by atoms with Gasteiger partial charge in [-0.25, -0.2) is 14.4 Å². The quantitative estimate of drug-likeness (QED) is 0.0707. The number of carbonyl (C=O) groups excluding carboxylic acids is 3. The van der Waals surface area contributed by atoms with Crippen molar-refractivity contribution in [3.63, 3.8) is 0 Å². The molecule has 1 saturated heterocycles. The molecule has 2 bridgehead atoms. The maximum absolute atomic E-state index is 15.4. The molecule has 2 aromatic rings. The minimum atomic E-state index is -3.34. The molecule has 2 heterocycles. The van der Waals surface area contributed by atoms with Crippen LogP contribution in [-0.4, -0.2) is 103 Å². The Morgan fingerprint density at radius 1 is 0.768 bits per heavy atom. The third kappa shape index (κ3) is 9.07. The van der Waals surface area contributed by atoms with Gasteiger partial charge in [-0.2, -0.15) is 0 Å². The number of methoxy groups -OCH3 is 2. The molecular formula is C42H62O12Si2. The maximum atomic E-state index is 15.4. The molecule has 3 unspecified atom stereocenters. The third-order valence-electron chi connectivity index (χ3n) is 9.34. The first-order chi connectivity index (χ1) is 25.8. The van der Waals surface area contributed by atoms with E-state index in [4.69, 9.17) is 42.0 Å². The largest absolute Gasteiger partial charge is 0.466 e. The van der Waals surface area contributed by atoms with Gasteiger partial charge < -0.3 is 42.0 Å². The van der Waals surface area contributed by atoms with Crippen LogP contribution >= 0.6 is 0 Å². The summed E-state index contributed by atoms with van der Waals surface area (Å²) in [6, 6.07) is 20.0. The van der Waals surface area contributed by atoms with Crippen LogP contribution in [0.1, 0.15) is 68.7 Å². The molecule has 0 aromatic heterocycles. The summed E-state index contributed by atoms with van der Waals surface area (Å²) in [5, 5.41) is 1.46. The van der Waals surface area contributed by atoms with Crippen molar-refractivity contribution in [1.29, 1.82) is 0 Å². The highest BCUT2D eigenvalue weighted by molar-refractivity contribution is 6.99. The van der Waals surface area contributed by atoms with Gasteiger partial charge >= 0.3 is 17.9 Å². The molecule has 0 aliphatic carbocycles. The Morgan fingerprint density at radius 3 is 1.73 bits per heavy atom. The van der Waals surface area contributed by atoms with Crippen LogP contribution in [0.25, 0.3) is 0 Å². The van der Waals surface area contributed by atoms with Gasteiger partial charge in [-0.15, -0.1) is 0 Å². The predicted molar refractivity (Wildman–Crippen MR) is 216 cm³/mol. The second-order valence-corrected chi connectivity index (χ2v) is 27.0. The fourth-order valence-corrected chi connectivity index (χ4v) is 13.3. The predicted octanol–water partition coefficient (Wildman–Crippen LogP) is 5.81. The number of esters is 3. The molecule has 4 rings (SSSR count). The molecule has 56 heavy (non-hydrogen) atoms. The fraction of sp³-hybridized carbons (Fsp3) is 0.595.